The second-order valence-corrected chi connectivity index (χ2v) is 6.62. The number of hydrogen-bond donors (Lipinski definition) is 1. The van der Waals surface area contributed by atoms with Gasteiger partial charge in [0.2, 0.25) is 0 Å². The smallest absolute Gasteiger partial charge is 0.318 e. The highest BCUT2D eigenvalue weighted by Gasteiger charge is 2.34. The lowest BCUT2D eigenvalue weighted by Crippen LogP contribution is -2.47. The minimum atomic E-state index is -0.341. The molecule has 0 bridgehead atoms. The zero-order valence-electron chi connectivity index (χ0n) is 17.0. The maximum atomic E-state index is 13.0. The number of aromatic nitrogens is 1. The van der Waals surface area contributed by atoms with Crippen LogP contribution < -0.4 is 14.8 Å². The third-order valence-corrected chi connectivity index (χ3v) is 4.94. The van der Waals surface area contributed by atoms with Gasteiger partial charge in [-0.2, -0.15) is 0 Å². The molecule has 0 radical (unpaired) electrons. The Kier molecular flexibility index (Phi) is 6.64. The van der Waals surface area contributed by atoms with Crippen molar-refractivity contribution in [1.29, 1.82) is 0 Å². The highest BCUT2D eigenvalue weighted by atomic mass is 16.5. The standard InChI is InChI=1S/C21H27N3O5/c1-4-29-19(25)9-10-22-21(26)24-13-12-23-11-5-6-17(23)20(24)16-14-15(27-2)7-8-18(16)28-3/h5-8,11,14,20H,4,9-10,12-13H2,1-3H3,(H,22,26)/t20-/m1/s1. The topological polar surface area (TPSA) is 82.0 Å². The molecular formula is C21H27N3O5. The fraction of sp³-hybridized carbons (Fsp3) is 0.429. The number of hydrogen-bond acceptors (Lipinski definition) is 5. The summed E-state index contributed by atoms with van der Waals surface area (Å²) in [5, 5.41) is 2.84. The number of carbonyl (C=O) groups excluding carboxylic acids is 2. The summed E-state index contributed by atoms with van der Waals surface area (Å²) in [5.74, 6) is 1.04. The SMILES string of the molecule is CCOC(=O)CCNC(=O)N1CCn2cccc2[C@H]1c1cc(OC)ccc1OC. The third kappa shape index (κ3) is 4.47. The van der Waals surface area contributed by atoms with Gasteiger partial charge in [0, 0.05) is 37.1 Å². The molecule has 0 saturated heterocycles. The minimum absolute atomic E-state index is 0.136. The Labute approximate surface area is 170 Å². The molecule has 3 rings (SSSR count). The average Bonchev–Trinajstić information content (AvgIpc) is 3.21. The molecule has 29 heavy (non-hydrogen) atoms. The molecule has 1 aromatic carbocycles. The summed E-state index contributed by atoms with van der Waals surface area (Å²) in [7, 11) is 3.21. The maximum absolute atomic E-state index is 13.0. The van der Waals surface area contributed by atoms with Crippen LogP contribution >= 0.6 is 0 Å². The summed E-state index contributed by atoms with van der Waals surface area (Å²) in [5.41, 5.74) is 1.83. The van der Waals surface area contributed by atoms with E-state index in [0.29, 0.717) is 31.2 Å². The molecule has 1 aromatic heterocycles. The molecular weight excluding hydrogens is 374 g/mol. The number of fused-ring (bicyclic) bond motifs is 1. The van der Waals surface area contributed by atoms with Crippen molar-refractivity contribution in [3.05, 3.63) is 47.8 Å². The third-order valence-electron chi connectivity index (χ3n) is 4.94. The molecule has 0 saturated carbocycles. The van der Waals surface area contributed by atoms with Crippen molar-refractivity contribution in [3.8, 4) is 11.5 Å². The number of amides is 2. The van der Waals surface area contributed by atoms with Gasteiger partial charge in [-0.05, 0) is 37.3 Å². The first-order chi connectivity index (χ1) is 14.1. The van der Waals surface area contributed by atoms with Gasteiger partial charge < -0.3 is 29.0 Å². The van der Waals surface area contributed by atoms with Gasteiger partial charge in [0.1, 0.15) is 17.5 Å². The van der Waals surface area contributed by atoms with Crippen LogP contribution in [0.5, 0.6) is 11.5 Å². The highest BCUT2D eigenvalue weighted by Crippen LogP contribution is 2.39. The van der Waals surface area contributed by atoms with Crippen LogP contribution in [0, 0.1) is 0 Å². The van der Waals surface area contributed by atoms with Gasteiger partial charge in [-0.1, -0.05) is 0 Å². The normalized spacial score (nSPS) is 15.4. The quantitative estimate of drug-likeness (QED) is 0.721. The van der Waals surface area contributed by atoms with Crippen molar-refractivity contribution in [3.63, 3.8) is 0 Å². The van der Waals surface area contributed by atoms with Gasteiger partial charge in [0.25, 0.3) is 0 Å². The Bertz CT molecular complexity index is 864. The molecule has 1 N–H and O–H groups in total. The van der Waals surface area contributed by atoms with Crippen LogP contribution in [0.3, 0.4) is 0 Å². The number of methoxy groups -OCH3 is 2. The lowest BCUT2D eigenvalue weighted by Gasteiger charge is -2.37. The summed E-state index contributed by atoms with van der Waals surface area (Å²) >= 11 is 0. The summed E-state index contributed by atoms with van der Waals surface area (Å²) in [4.78, 5) is 26.3. The molecule has 0 spiro atoms. The van der Waals surface area contributed by atoms with Gasteiger partial charge in [0.05, 0.1) is 27.2 Å². The maximum Gasteiger partial charge on any atom is 0.318 e. The summed E-state index contributed by atoms with van der Waals surface area (Å²) in [6, 6.07) is 8.95. The van der Waals surface area contributed by atoms with Crippen molar-refractivity contribution < 1.29 is 23.8 Å². The van der Waals surface area contributed by atoms with Crippen molar-refractivity contribution >= 4 is 12.0 Å². The second-order valence-electron chi connectivity index (χ2n) is 6.62. The van der Waals surface area contributed by atoms with Gasteiger partial charge >= 0.3 is 12.0 Å². The van der Waals surface area contributed by atoms with Crippen molar-refractivity contribution in [2.24, 2.45) is 0 Å². The Morgan fingerprint density at radius 3 is 2.72 bits per heavy atom. The second kappa shape index (κ2) is 9.36. The first kappa shape index (κ1) is 20.6. The lowest BCUT2D eigenvalue weighted by molar-refractivity contribution is -0.142. The number of carbonyl (C=O) groups is 2. The van der Waals surface area contributed by atoms with E-state index >= 15 is 0 Å². The molecule has 1 aliphatic heterocycles. The van der Waals surface area contributed by atoms with Crippen LogP contribution in [0.15, 0.2) is 36.5 Å². The predicted molar refractivity (Wildman–Crippen MR) is 107 cm³/mol. The highest BCUT2D eigenvalue weighted by molar-refractivity contribution is 5.77. The first-order valence-corrected chi connectivity index (χ1v) is 9.66. The average molecular weight is 401 g/mol. The Balaban J connectivity index is 1.87. The molecule has 8 nitrogen and oxygen atoms in total. The van der Waals surface area contributed by atoms with E-state index in [2.05, 4.69) is 9.88 Å². The van der Waals surface area contributed by atoms with Gasteiger partial charge in [-0.15, -0.1) is 0 Å². The number of nitrogens with zero attached hydrogens (tertiary/aromatic N) is 2. The molecule has 1 aliphatic rings. The van der Waals surface area contributed by atoms with Crippen LogP contribution in [0.1, 0.15) is 30.6 Å². The number of ether oxygens (including phenoxy) is 3. The Morgan fingerprint density at radius 2 is 2.00 bits per heavy atom. The number of rotatable bonds is 7. The minimum Gasteiger partial charge on any atom is -0.497 e. The zero-order valence-corrected chi connectivity index (χ0v) is 17.0. The number of esters is 1. The Morgan fingerprint density at radius 1 is 1.17 bits per heavy atom. The lowest BCUT2D eigenvalue weighted by atomic mass is 9.98. The molecule has 0 aliphatic carbocycles. The van der Waals surface area contributed by atoms with E-state index in [9.17, 15) is 9.59 Å². The fourth-order valence-corrected chi connectivity index (χ4v) is 3.59. The van der Waals surface area contributed by atoms with Crippen LogP contribution in [0.4, 0.5) is 4.79 Å². The molecule has 2 heterocycles. The molecule has 2 amide bonds. The van der Waals surface area contributed by atoms with Gasteiger partial charge in [0.15, 0.2) is 0 Å². The molecule has 8 heteroatoms. The van der Waals surface area contributed by atoms with E-state index in [-0.39, 0.29) is 31.0 Å². The van der Waals surface area contributed by atoms with Crippen LogP contribution in [0.2, 0.25) is 0 Å². The van der Waals surface area contributed by atoms with E-state index in [0.717, 1.165) is 11.3 Å². The number of urea groups is 1. The molecule has 156 valence electrons. The predicted octanol–water partition coefficient (Wildman–Crippen LogP) is 2.57. The Hall–Kier alpha value is -3.16. The van der Waals surface area contributed by atoms with Crippen molar-refractivity contribution in [2.75, 3.05) is 33.9 Å². The van der Waals surface area contributed by atoms with E-state index in [1.165, 1.54) is 0 Å². The molecule has 0 unspecified atom stereocenters. The fourth-order valence-electron chi connectivity index (χ4n) is 3.59. The monoisotopic (exact) mass is 401 g/mol. The number of nitrogens with one attached hydrogen (secondary N) is 1. The van der Waals surface area contributed by atoms with Crippen LogP contribution in [-0.2, 0) is 16.1 Å². The van der Waals surface area contributed by atoms with E-state index < -0.39 is 0 Å². The largest absolute Gasteiger partial charge is 0.497 e. The number of benzene rings is 1. The summed E-state index contributed by atoms with van der Waals surface area (Å²) in [6.07, 6.45) is 2.14. The van der Waals surface area contributed by atoms with Crippen molar-refractivity contribution in [1.82, 2.24) is 14.8 Å². The van der Waals surface area contributed by atoms with Gasteiger partial charge in [-0.25, -0.2) is 4.79 Å². The van der Waals surface area contributed by atoms with E-state index in [1.54, 1.807) is 26.0 Å². The van der Waals surface area contributed by atoms with E-state index in [4.69, 9.17) is 14.2 Å². The summed E-state index contributed by atoms with van der Waals surface area (Å²) < 4.78 is 18.0. The van der Waals surface area contributed by atoms with E-state index in [1.807, 2.05) is 36.5 Å². The van der Waals surface area contributed by atoms with Crippen LogP contribution in [-0.4, -0.2) is 55.4 Å². The van der Waals surface area contributed by atoms with Crippen molar-refractivity contribution in [2.45, 2.75) is 25.9 Å². The molecule has 2 aromatic rings. The molecule has 0 fully saturated rings. The van der Waals surface area contributed by atoms with Crippen LogP contribution in [0.25, 0.3) is 0 Å². The first-order valence-electron chi connectivity index (χ1n) is 9.66. The zero-order chi connectivity index (χ0) is 20.8. The summed E-state index contributed by atoms with van der Waals surface area (Å²) in [6.45, 7) is 3.52. The van der Waals surface area contributed by atoms with Gasteiger partial charge in [-0.3, -0.25) is 4.79 Å². The molecule has 1 atom stereocenters.